The van der Waals surface area contributed by atoms with Crippen LogP contribution in [-0.2, 0) is 4.74 Å². The molecule has 5 rings (SSSR count). The van der Waals surface area contributed by atoms with E-state index < -0.39 is 5.97 Å². The van der Waals surface area contributed by atoms with E-state index in [-0.39, 0.29) is 11.5 Å². The van der Waals surface area contributed by atoms with E-state index in [0.29, 0.717) is 16.9 Å². The van der Waals surface area contributed by atoms with Gasteiger partial charge in [-0.3, -0.25) is 4.79 Å². The van der Waals surface area contributed by atoms with Gasteiger partial charge in [0, 0.05) is 17.3 Å². The maximum Gasteiger partial charge on any atom is 0.337 e. The normalized spacial score (nSPS) is 13.6. The number of Topliss-reactive ketones (excluding diaryl/α,β-unsaturated/α-hetero) is 1. The Balaban J connectivity index is 1.59. The molecule has 33 heavy (non-hydrogen) atoms. The van der Waals surface area contributed by atoms with Crippen LogP contribution in [0.15, 0.2) is 84.8 Å². The standard InChI is InChI=1S/C27H20N2O4/c1-17-7-6-8-18(13-17)25-20(16-29(28-25)21-9-4-3-5-10-21)15-24-26(30)22-14-19(27(31)32-2)11-12-23(22)33-24/h3-16H,1-2H3/b24-15-. The quantitative estimate of drug-likeness (QED) is 0.323. The molecule has 3 aromatic carbocycles. The Hall–Kier alpha value is -4.45. The van der Waals surface area contributed by atoms with Crippen molar-refractivity contribution >= 4 is 17.8 Å². The van der Waals surface area contributed by atoms with Gasteiger partial charge in [-0.15, -0.1) is 0 Å². The molecule has 0 bridgehead atoms. The monoisotopic (exact) mass is 436 g/mol. The molecule has 0 N–H and O–H groups in total. The SMILES string of the molecule is COC(=O)c1ccc2c(c1)C(=O)/C(=C/c1cn(-c3ccccc3)nc1-c1cccc(C)c1)O2. The highest BCUT2D eigenvalue weighted by atomic mass is 16.5. The molecule has 0 saturated carbocycles. The minimum absolute atomic E-state index is 0.175. The van der Waals surface area contributed by atoms with Gasteiger partial charge in [0.25, 0.3) is 0 Å². The molecule has 1 aromatic heterocycles. The number of hydrogen-bond acceptors (Lipinski definition) is 5. The number of ether oxygens (including phenoxy) is 2. The van der Waals surface area contributed by atoms with E-state index in [9.17, 15) is 9.59 Å². The van der Waals surface area contributed by atoms with Crippen LogP contribution in [-0.4, -0.2) is 28.6 Å². The van der Waals surface area contributed by atoms with Crippen LogP contribution < -0.4 is 4.74 Å². The molecule has 1 aliphatic rings. The maximum absolute atomic E-state index is 13.1. The van der Waals surface area contributed by atoms with Crippen LogP contribution in [0.5, 0.6) is 5.75 Å². The van der Waals surface area contributed by atoms with Crippen LogP contribution in [0.25, 0.3) is 23.0 Å². The molecule has 6 nitrogen and oxygen atoms in total. The Morgan fingerprint density at radius 1 is 1.03 bits per heavy atom. The Labute approximate surface area is 190 Å². The molecule has 2 heterocycles. The largest absolute Gasteiger partial charge is 0.465 e. The highest BCUT2D eigenvalue weighted by Crippen LogP contribution is 2.34. The van der Waals surface area contributed by atoms with E-state index in [4.69, 9.17) is 14.6 Å². The number of allylic oxidation sites excluding steroid dienone is 1. The first-order chi connectivity index (χ1) is 16.0. The second-order valence-corrected chi connectivity index (χ2v) is 7.72. The molecule has 0 atom stereocenters. The number of fused-ring (bicyclic) bond motifs is 1. The Kier molecular flexibility index (Phi) is 5.11. The van der Waals surface area contributed by atoms with Crippen molar-refractivity contribution < 1.29 is 19.1 Å². The van der Waals surface area contributed by atoms with Gasteiger partial charge in [0.1, 0.15) is 11.4 Å². The molecule has 0 aliphatic carbocycles. The maximum atomic E-state index is 13.1. The minimum atomic E-state index is -0.506. The predicted molar refractivity (Wildman–Crippen MR) is 124 cm³/mol. The van der Waals surface area contributed by atoms with Crippen LogP contribution >= 0.6 is 0 Å². The zero-order valence-corrected chi connectivity index (χ0v) is 18.1. The fourth-order valence-electron chi connectivity index (χ4n) is 3.80. The third-order valence-electron chi connectivity index (χ3n) is 5.43. The van der Waals surface area contributed by atoms with Gasteiger partial charge in [-0.05, 0) is 49.4 Å². The molecule has 0 amide bonds. The lowest BCUT2D eigenvalue weighted by atomic mass is 10.0. The van der Waals surface area contributed by atoms with Crippen LogP contribution in [0.2, 0.25) is 0 Å². The summed E-state index contributed by atoms with van der Waals surface area (Å²) < 4.78 is 12.4. The van der Waals surface area contributed by atoms with E-state index in [1.54, 1.807) is 22.9 Å². The van der Waals surface area contributed by atoms with Crippen molar-refractivity contribution in [2.45, 2.75) is 6.92 Å². The summed E-state index contributed by atoms with van der Waals surface area (Å²) in [7, 11) is 1.30. The van der Waals surface area contributed by atoms with E-state index in [1.165, 1.54) is 13.2 Å². The summed E-state index contributed by atoms with van der Waals surface area (Å²) in [5.74, 6) is -0.215. The summed E-state index contributed by atoms with van der Waals surface area (Å²) in [6.45, 7) is 2.02. The van der Waals surface area contributed by atoms with Crippen molar-refractivity contribution in [3.05, 3.63) is 107 Å². The average molecular weight is 436 g/mol. The fraction of sp³-hybridized carbons (Fsp3) is 0.0741. The number of benzene rings is 3. The van der Waals surface area contributed by atoms with Crippen molar-refractivity contribution in [3.63, 3.8) is 0 Å². The first-order valence-corrected chi connectivity index (χ1v) is 10.4. The summed E-state index contributed by atoms with van der Waals surface area (Å²) >= 11 is 0. The zero-order valence-electron chi connectivity index (χ0n) is 18.1. The number of hydrogen-bond donors (Lipinski definition) is 0. The minimum Gasteiger partial charge on any atom is -0.465 e. The van der Waals surface area contributed by atoms with Crippen molar-refractivity contribution in [2.75, 3.05) is 7.11 Å². The smallest absolute Gasteiger partial charge is 0.337 e. The molecule has 162 valence electrons. The highest BCUT2D eigenvalue weighted by molar-refractivity contribution is 6.15. The molecule has 0 unspecified atom stereocenters. The van der Waals surface area contributed by atoms with Gasteiger partial charge in [-0.2, -0.15) is 5.10 Å². The summed E-state index contributed by atoms with van der Waals surface area (Å²) in [6, 6.07) is 22.5. The van der Waals surface area contributed by atoms with Crippen LogP contribution in [0, 0.1) is 6.92 Å². The van der Waals surface area contributed by atoms with Gasteiger partial charge in [-0.25, -0.2) is 9.48 Å². The number of esters is 1. The number of ketones is 1. The first-order valence-electron chi connectivity index (χ1n) is 10.4. The van der Waals surface area contributed by atoms with E-state index in [0.717, 1.165) is 28.1 Å². The van der Waals surface area contributed by atoms with Gasteiger partial charge >= 0.3 is 5.97 Å². The molecule has 0 radical (unpaired) electrons. The highest BCUT2D eigenvalue weighted by Gasteiger charge is 2.29. The van der Waals surface area contributed by atoms with Crippen molar-refractivity contribution in [2.24, 2.45) is 0 Å². The molecule has 0 saturated heterocycles. The first kappa shape index (κ1) is 20.5. The van der Waals surface area contributed by atoms with Gasteiger partial charge in [0.05, 0.1) is 23.9 Å². The van der Waals surface area contributed by atoms with E-state index in [2.05, 4.69) is 0 Å². The fourth-order valence-corrected chi connectivity index (χ4v) is 3.80. The van der Waals surface area contributed by atoms with Crippen molar-refractivity contribution in [1.82, 2.24) is 9.78 Å². The number of carbonyl (C=O) groups is 2. The lowest BCUT2D eigenvalue weighted by Crippen LogP contribution is -2.03. The summed E-state index contributed by atoms with van der Waals surface area (Å²) in [5, 5.41) is 4.80. The number of methoxy groups -OCH3 is 1. The molecule has 6 heteroatoms. The Morgan fingerprint density at radius 3 is 2.61 bits per heavy atom. The molecular weight excluding hydrogens is 416 g/mol. The van der Waals surface area contributed by atoms with Gasteiger partial charge < -0.3 is 9.47 Å². The van der Waals surface area contributed by atoms with Crippen molar-refractivity contribution in [3.8, 4) is 22.7 Å². The topological polar surface area (TPSA) is 70.4 Å². The number of para-hydroxylation sites is 1. The second-order valence-electron chi connectivity index (χ2n) is 7.72. The lowest BCUT2D eigenvalue weighted by molar-refractivity contribution is 0.0600. The van der Waals surface area contributed by atoms with Gasteiger partial charge in [0.15, 0.2) is 5.76 Å². The molecule has 4 aromatic rings. The summed E-state index contributed by atoms with van der Waals surface area (Å²) in [4.78, 5) is 24.9. The van der Waals surface area contributed by atoms with Gasteiger partial charge in [-0.1, -0.05) is 42.0 Å². The Morgan fingerprint density at radius 2 is 1.85 bits per heavy atom. The zero-order chi connectivity index (χ0) is 22.9. The number of carbonyl (C=O) groups excluding carboxylic acids is 2. The van der Waals surface area contributed by atoms with Gasteiger partial charge in [0.2, 0.25) is 5.78 Å². The van der Waals surface area contributed by atoms with Crippen LogP contribution in [0.4, 0.5) is 0 Å². The van der Waals surface area contributed by atoms with Crippen molar-refractivity contribution in [1.29, 1.82) is 0 Å². The molecule has 0 spiro atoms. The van der Waals surface area contributed by atoms with Crippen LogP contribution in [0.1, 0.15) is 31.8 Å². The average Bonchev–Trinajstić information content (AvgIpc) is 3.40. The number of nitrogens with zero attached hydrogens (tertiary/aromatic N) is 2. The number of rotatable bonds is 4. The molecule has 1 aliphatic heterocycles. The third-order valence-corrected chi connectivity index (χ3v) is 5.43. The van der Waals surface area contributed by atoms with Crippen LogP contribution in [0.3, 0.4) is 0 Å². The number of aromatic nitrogens is 2. The molecular formula is C27H20N2O4. The molecule has 0 fully saturated rings. The van der Waals surface area contributed by atoms with E-state index in [1.807, 2.05) is 67.7 Å². The lowest BCUT2D eigenvalue weighted by Gasteiger charge is -2.02. The Bertz CT molecular complexity index is 1420. The third kappa shape index (κ3) is 3.83. The predicted octanol–water partition coefficient (Wildman–Crippen LogP) is 5.25. The van der Waals surface area contributed by atoms with E-state index >= 15 is 0 Å². The second kappa shape index (κ2) is 8.24. The summed E-state index contributed by atoms with van der Waals surface area (Å²) in [6.07, 6.45) is 3.57. The number of aryl methyl sites for hydroxylation is 1. The summed E-state index contributed by atoms with van der Waals surface area (Å²) in [5.41, 5.74) is 5.06.